The van der Waals surface area contributed by atoms with Gasteiger partial charge in [0.15, 0.2) is 11.5 Å². The van der Waals surface area contributed by atoms with E-state index in [0.29, 0.717) is 23.1 Å². The van der Waals surface area contributed by atoms with Gasteiger partial charge in [0, 0.05) is 18.8 Å². The molecule has 1 aromatic carbocycles. The summed E-state index contributed by atoms with van der Waals surface area (Å²) in [5.41, 5.74) is 2.03. The largest absolute Gasteiger partial charge is 0.493 e. The highest BCUT2D eigenvalue weighted by Crippen LogP contribution is 2.36. The molecule has 0 saturated heterocycles. The second-order valence-corrected chi connectivity index (χ2v) is 5.08. The Kier molecular flexibility index (Phi) is 5.42. The fourth-order valence-electron chi connectivity index (χ4n) is 2.08. The van der Waals surface area contributed by atoms with Crippen LogP contribution in [-0.4, -0.2) is 19.2 Å². The van der Waals surface area contributed by atoms with E-state index < -0.39 is 0 Å². The summed E-state index contributed by atoms with van der Waals surface area (Å²) in [6.45, 7) is 2.74. The normalized spacial score (nSPS) is 12.0. The number of methoxy groups -OCH3 is 2. The minimum absolute atomic E-state index is 0.151. The predicted molar refractivity (Wildman–Crippen MR) is 84.0 cm³/mol. The average molecular weight is 307 g/mol. The predicted octanol–water partition coefficient (Wildman–Crippen LogP) is 3.60. The first-order valence-electron chi connectivity index (χ1n) is 6.70. The standard InChI is InChI=1S/C16H19ClN2O2/c1-11(14-6-4-5-7-18-14)19-10-12-8-13(17)16(21-3)15(9-12)20-2/h4-9,11,19H,10H2,1-3H3/t11-/m0/s1. The van der Waals surface area contributed by atoms with Crippen LogP contribution in [0.2, 0.25) is 5.02 Å². The maximum absolute atomic E-state index is 6.20. The lowest BCUT2D eigenvalue weighted by molar-refractivity contribution is 0.354. The number of benzene rings is 1. The molecule has 5 heteroatoms. The van der Waals surface area contributed by atoms with Crippen LogP contribution >= 0.6 is 11.6 Å². The molecule has 0 aliphatic carbocycles. The van der Waals surface area contributed by atoms with Gasteiger partial charge in [0.25, 0.3) is 0 Å². The Bertz CT molecular complexity index is 590. The molecule has 1 aromatic heterocycles. The molecule has 0 spiro atoms. The molecule has 0 unspecified atom stereocenters. The molecule has 21 heavy (non-hydrogen) atoms. The van der Waals surface area contributed by atoms with Crippen molar-refractivity contribution in [3.05, 3.63) is 52.8 Å². The number of halogens is 1. The molecule has 1 N–H and O–H groups in total. The van der Waals surface area contributed by atoms with Crippen molar-refractivity contribution >= 4 is 11.6 Å². The first-order valence-corrected chi connectivity index (χ1v) is 7.08. The fourth-order valence-corrected chi connectivity index (χ4v) is 2.39. The van der Waals surface area contributed by atoms with E-state index in [4.69, 9.17) is 21.1 Å². The van der Waals surface area contributed by atoms with Crippen molar-refractivity contribution in [2.45, 2.75) is 19.5 Å². The first kappa shape index (κ1) is 15.6. The molecule has 0 aliphatic rings. The smallest absolute Gasteiger partial charge is 0.179 e. The molecule has 0 radical (unpaired) electrons. The number of pyridine rings is 1. The summed E-state index contributed by atoms with van der Waals surface area (Å²) in [7, 11) is 3.17. The summed E-state index contributed by atoms with van der Waals surface area (Å²) in [5.74, 6) is 1.19. The third-order valence-electron chi connectivity index (χ3n) is 3.24. The monoisotopic (exact) mass is 306 g/mol. The van der Waals surface area contributed by atoms with Gasteiger partial charge >= 0.3 is 0 Å². The van der Waals surface area contributed by atoms with Gasteiger partial charge in [-0.15, -0.1) is 0 Å². The molecule has 2 rings (SSSR count). The Morgan fingerprint density at radius 2 is 2.05 bits per heavy atom. The zero-order chi connectivity index (χ0) is 15.2. The van der Waals surface area contributed by atoms with Crippen molar-refractivity contribution in [3.63, 3.8) is 0 Å². The minimum Gasteiger partial charge on any atom is -0.493 e. The third-order valence-corrected chi connectivity index (χ3v) is 3.52. The van der Waals surface area contributed by atoms with Crippen LogP contribution in [0.1, 0.15) is 24.2 Å². The summed E-state index contributed by atoms with van der Waals surface area (Å²) < 4.78 is 10.5. The van der Waals surface area contributed by atoms with Crippen LogP contribution in [0.5, 0.6) is 11.5 Å². The number of nitrogens with one attached hydrogen (secondary N) is 1. The van der Waals surface area contributed by atoms with Crippen LogP contribution < -0.4 is 14.8 Å². The molecule has 0 saturated carbocycles. The Morgan fingerprint density at radius 1 is 1.24 bits per heavy atom. The lowest BCUT2D eigenvalue weighted by atomic mass is 10.1. The second-order valence-electron chi connectivity index (χ2n) is 4.67. The Morgan fingerprint density at radius 3 is 2.67 bits per heavy atom. The minimum atomic E-state index is 0.151. The molecule has 112 valence electrons. The van der Waals surface area contributed by atoms with Crippen molar-refractivity contribution < 1.29 is 9.47 Å². The van der Waals surface area contributed by atoms with Gasteiger partial charge in [0.1, 0.15) is 0 Å². The number of aromatic nitrogens is 1. The van der Waals surface area contributed by atoms with E-state index in [1.54, 1.807) is 20.4 Å². The molecule has 4 nitrogen and oxygen atoms in total. The van der Waals surface area contributed by atoms with Gasteiger partial charge in [0.2, 0.25) is 0 Å². The maximum atomic E-state index is 6.20. The lowest BCUT2D eigenvalue weighted by Gasteiger charge is -2.15. The molecule has 2 aromatic rings. The summed E-state index contributed by atoms with van der Waals surface area (Å²) >= 11 is 6.20. The van der Waals surface area contributed by atoms with Gasteiger partial charge in [0.05, 0.1) is 24.9 Å². The van der Waals surface area contributed by atoms with E-state index in [1.807, 2.05) is 30.3 Å². The summed E-state index contributed by atoms with van der Waals surface area (Å²) in [6.07, 6.45) is 1.79. The van der Waals surface area contributed by atoms with Gasteiger partial charge in [-0.05, 0) is 36.8 Å². The zero-order valence-corrected chi connectivity index (χ0v) is 13.1. The maximum Gasteiger partial charge on any atom is 0.179 e. The van der Waals surface area contributed by atoms with Crippen molar-refractivity contribution in [1.82, 2.24) is 10.3 Å². The third kappa shape index (κ3) is 3.86. The molecule has 0 aliphatic heterocycles. The summed E-state index contributed by atoms with van der Waals surface area (Å²) in [6, 6.07) is 9.83. The fraction of sp³-hybridized carbons (Fsp3) is 0.312. The molecule has 0 bridgehead atoms. The number of rotatable bonds is 6. The first-order chi connectivity index (χ1) is 10.2. The molecule has 1 atom stereocenters. The molecular formula is C16H19ClN2O2. The molecule has 0 amide bonds. The molecule has 1 heterocycles. The van der Waals surface area contributed by atoms with E-state index in [9.17, 15) is 0 Å². The van der Waals surface area contributed by atoms with E-state index in [1.165, 1.54) is 0 Å². The highest BCUT2D eigenvalue weighted by Gasteiger charge is 2.12. The van der Waals surface area contributed by atoms with Crippen LogP contribution in [0.15, 0.2) is 36.5 Å². The van der Waals surface area contributed by atoms with Crippen LogP contribution in [-0.2, 0) is 6.54 Å². The molecule has 0 fully saturated rings. The number of hydrogen-bond donors (Lipinski definition) is 1. The van der Waals surface area contributed by atoms with E-state index in [-0.39, 0.29) is 6.04 Å². The van der Waals surface area contributed by atoms with E-state index >= 15 is 0 Å². The van der Waals surface area contributed by atoms with Crippen molar-refractivity contribution in [2.75, 3.05) is 14.2 Å². The van der Waals surface area contributed by atoms with Crippen molar-refractivity contribution in [1.29, 1.82) is 0 Å². The van der Waals surface area contributed by atoms with Gasteiger partial charge in [-0.25, -0.2) is 0 Å². The highest BCUT2D eigenvalue weighted by atomic mass is 35.5. The van der Waals surface area contributed by atoms with Crippen LogP contribution in [0, 0.1) is 0 Å². The van der Waals surface area contributed by atoms with E-state index in [2.05, 4.69) is 17.2 Å². The van der Waals surface area contributed by atoms with Gasteiger partial charge in [-0.2, -0.15) is 0 Å². The van der Waals surface area contributed by atoms with Crippen LogP contribution in [0.4, 0.5) is 0 Å². The lowest BCUT2D eigenvalue weighted by Crippen LogP contribution is -2.19. The number of hydrogen-bond acceptors (Lipinski definition) is 4. The topological polar surface area (TPSA) is 43.4 Å². The highest BCUT2D eigenvalue weighted by molar-refractivity contribution is 6.32. The molecular weight excluding hydrogens is 288 g/mol. The summed E-state index contributed by atoms with van der Waals surface area (Å²) in [4.78, 5) is 4.34. The number of nitrogens with zero attached hydrogens (tertiary/aromatic N) is 1. The zero-order valence-electron chi connectivity index (χ0n) is 12.4. The second kappa shape index (κ2) is 7.29. The average Bonchev–Trinajstić information content (AvgIpc) is 2.52. The van der Waals surface area contributed by atoms with Crippen LogP contribution in [0.3, 0.4) is 0 Å². The number of ether oxygens (including phenoxy) is 2. The van der Waals surface area contributed by atoms with Crippen molar-refractivity contribution in [2.24, 2.45) is 0 Å². The van der Waals surface area contributed by atoms with Gasteiger partial charge < -0.3 is 14.8 Å². The quantitative estimate of drug-likeness (QED) is 0.885. The van der Waals surface area contributed by atoms with Crippen LogP contribution in [0.25, 0.3) is 0 Å². The van der Waals surface area contributed by atoms with Gasteiger partial charge in [-0.1, -0.05) is 17.7 Å². The summed E-state index contributed by atoms with van der Waals surface area (Å²) in [5, 5.41) is 3.95. The van der Waals surface area contributed by atoms with Gasteiger partial charge in [-0.3, -0.25) is 4.98 Å². The van der Waals surface area contributed by atoms with Crippen molar-refractivity contribution in [3.8, 4) is 11.5 Å². The SMILES string of the molecule is COc1cc(CN[C@@H](C)c2ccccn2)cc(Cl)c1OC. The Labute approximate surface area is 130 Å². The Hall–Kier alpha value is -1.78. The van der Waals surface area contributed by atoms with E-state index in [0.717, 1.165) is 11.3 Å². The Balaban J connectivity index is 2.08.